The predicted molar refractivity (Wildman–Crippen MR) is 106 cm³/mol. The van der Waals surface area contributed by atoms with Crippen molar-refractivity contribution in [2.24, 2.45) is 5.92 Å². The largest absolute Gasteiger partial charge is 0.0851 e. The van der Waals surface area contributed by atoms with Crippen molar-refractivity contribution in [2.75, 3.05) is 0 Å². The van der Waals surface area contributed by atoms with E-state index < -0.39 is 0 Å². The molecule has 0 aliphatic rings. The molecular weight excluding hydrogens is 276 g/mol. The molecule has 0 amide bonds. The summed E-state index contributed by atoms with van der Waals surface area (Å²) in [6, 6.07) is 0. The van der Waals surface area contributed by atoms with Crippen molar-refractivity contribution in [3.05, 3.63) is 45.5 Å². The van der Waals surface area contributed by atoms with E-state index in [-0.39, 0.29) is 0 Å². The minimum atomic E-state index is 0.497. The Morgan fingerprint density at radius 1 is 0.739 bits per heavy atom. The van der Waals surface area contributed by atoms with Gasteiger partial charge in [0.05, 0.1) is 0 Å². The summed E-state index contributed by atoms with van der Waals surface area (Å²) in [6.07, 6.45) is 8.35. The highest BCUT2D eigenvalue weighted by molar-refractivity contribution is 5.54. The van der Waals surface area contributed by atoms with Crippen LogP contribution in [0.3, 0.4) is 0 Å². The van der Waals surface area contributed by atoms with E-state index in [9.17, 15) is 0 Å². The second-order valence-corrected chi connectivity index (χ2v) is 7.46. The fraction of sp³-hybridized carbons (Fsp3) is 0.652. The maximum Gasteiger partial charge on any atom is -0.000468 e. The molecule has 0 radical (unpaired) electrons. The van der Waals surface area contributed by atoms with Crippen molar-refractivity contribution in [2.45, 2.75) is 93.4 Å². The van der Waals surface area contributed by atoms with Gasteiger partial charge in [-0.3, -0.25) is 0 Å². The van der Waals surface area contributed by atoms with Crippen LogP contribution in [-0.2, 0) is 12.8 Å². The molecule has 0 saturated carbocycles. The summed E-state index contributed by atoms with van der Waals surface area (Å²) in [7, 11) is 0. The lowest BCUT2D eigenvalue weighted by molar-refractivity contribution is 0.691. The first kappa shape index (κ1) is 20.0. The molecule has 0 aliphatic carbocycles. The van der Waals surface area contributed by atoms with Crippen molar-refractivity contribution in [3.63, 3.8) is 0 Å². The van der Waals surface area contributed by atoms with E-state index in [1.807, 2.05) is 0 Å². The molecule has 0 aromatic heterocycles. The molecule has 0 bridgehead atoms. The fourth-order valence-electron chi connectivity index (χ4n) is 4.06. The number of allylic oxidation sites excluding steroid dienone is 2. The van der Waals surface area contributed by atoms with Crippen LogP contribution >= 0.6 is 0 Å². The molecule has 1 rings (SSSR count). The van der Waals surface area contributed by atoms with Crippen molar-refractivity contribution < 1.29 is 0 Å². The van der Waals surface area contributed by atoms with Gasteiger partial charge < -0.3 is 0 Å². The van der Waals surface area contributed by atoms with Crippen LogP contribution in [0.5, 0.6) is 0 Å². The molecule has 1 aromatic carbocycles. The predicted octanol–water partition coefficient (Wildman–Crippen LogP) is 7.26. The Bertz CT molecular complexity index is 546. The molecule has 0 spiro atoms. The fourth-order valence-corrected chi connectivity index (χ4v) is 4.06. The highest BCUT2D eigenvalue weighted by atomic mass is 14.3. The third-order valence-corrected chi connectivity index (χ3v) is 5.48. The summed E-state index contributed by atoms with van der Waals surface area (Å²) in [5, 5.41) is 0. The maximum atomic E-state index is 2.44. The average molecular weight is 315 g/mol. The van der Waals surface area contributed by atoms with E-state index in [1.165, 1.54) is 6.42 Å². The zero-order valence-corrected chi connectivity index (χ0v) is 17.0. The first-order chi connectivity index (χ1) is 10.8. The molecule has 2 unspecified atom stereocenters. The first-order valence-corrected chi connectivity index (χ1v) is 9.62. The zero-order chi connectivity index (χ0) is 17.7. The third-order valence-electron chi connectivity index (χ3n) is 5.48. The Morgan fingerprint density at radius 2 is 1.22 bits per heavy atom. The molecule has 0 heteroatoms. The Labute approximate surface area is 145 Å². The van der Waals surface area contributed by atoms with Crippen molar-refractivity contribution in [1.82, 2.24) is 0 Å². The first-order valence-electron chi connectivity index (χ1n) is 9.62. The minimum Gasteiger partial charge on any atom is -0.0851 e. The lowest BCUT2D eigenvalue weighted by Gasteiger charge is -2.27. The quantitative estimate of drug-likeness (QED) is 0.465. The second-order valence-electron chi connectivity index (χ2n) is 7.46. The van der Waals surface area contributed by atoms with Crippen LogP contribution in [0.25, 0.3) is 0 Å². The number of benzene rings is 1. The van der Waals surface area contributed by atoms with Crippen LogP contribution in [0.1, 0.15) is 100 Å². The van der Waals surface area contributed by atoms with Gasteiger partial charge in [0, 0.05) is 0 Å². The lowest BCUT2D eigenvalue weighted by atomic mass is 9.77. The summed E-state index contributed by atoms with van der Waals surface area (Å²) >= 11 is 0. The molecule has 0 saturated heterocycles. The van der Waals surface area contributed by atoms with E-state index in [4.69, 9.17) is 0 Å². The van der Waals surface area contributed by atoms with Gasteiger partial charge in [-0.25, -0.2) is 0 Å². The number of hydrogen-bond acceptors (Lipinski definition) is 0. The smallest absolute Gasteiger partial charge is 0.000468 e. The number of rotatable bonds is 7. The summed E-state index contributed by atoms with van der Waals surface area (Å²) in [5.41, 5.74) is 9.45. The normalized spacial score (nSPS) is 14.7. The molecule has 0 heterocycles. The van der Waals surface area contributed by atoms with Gasteiger partial charge in [0.25, 0.3) is 0 Å². The average Bonchev–Trinajstić information content (AvgIpc) is 2.52. The van der Waals surface area contributed by atoms with Gasteiger partial charge >= 0.3 is 0 Å². The van der Waals surface area contributed by atoms with Gasteiger partial charge in [-0.1, -0.05) is 67.0 Å². The molecule has 0 N–H and O–H groups in total. The molecule has 0 nitrogen and oxygen atoms in total. The van der Waals surface area contributed by atoms with Crippen molar-refractivity contribution in [3.8, 4) is 0 Å². The van der Waals surface area contributed by atoms with Gasteiger partial charge in [-0.15, -0.1) is 0 Å². The topological polar surface area (TPSA) is 0 Å². The highest BCUT2D eigenvalue weighted by Gasteiger charge is 2.21. The van der Waals surface area contributed by atoms with Crippen LogP contribution in [0.2, 0.25) is 0 Å². The van der Waals surface area contributed by atoms with Crippen molar-refractivity contribution >= 4 is 0 Å². The molecule has 23 heavy (non-hydrogen) atoms. The van der Waals surface area contributed by atoms with Gasteiger partial charge in [0.15, 0.2) is 0 Å². The molecule has 2 atom stereocenters. The van der Waals surface area contributed by atoms with E-state index >= 15 is 0 Å². The maximum absolute atomic E-state index is 2.44. The van der Waals surface area contributed by atoms with Gasteiger partial charge in [-0.05, 0) is 77.8 Å². The molecule has 1 aromatic rings. The Hall–Kier alpha value is -1.04. The van der Waals surface area contributed by atoms with Gasteiger partial charge in [0.2, 0.25) is 0 Å². The lowest BCUT2D eigenvalue weighted by Crippen LogP contribution is -2.12. The Morgan fingerprint density at radius 3 is 1.61 bits per heavy atom. The Balaban J connectivity index is 3.56. The van der Waals surface area contributed by atoms with Crippen LogP contribution in [-0.4, -0.2) is 0 Å². The molecule has 0 fully saturated rings. The summed E-state index contributed by atoms with van der Waals surface area (Å²) < 4.78 is 0. The Kier molecular flexibility index (Phi) is 7.58. The van der Waals surface area contributed by atoms with Gasteiger partial charge in [-0.2, -0.15) is 0 Å². The second kappa shape index (κ2) is 8.71. The van der Waals surface area contributed by atoms with E-state index in [1.54, 1.807) is 33.4 Å². The SMILES string of the molecule is CCc1c(C)c(C(C)C)c(C(C)/C=C\C(C)CC)c(C)c1CC. The minimum absolute atomic E-state index is 0.497. The van der Waals surface area contributed by atoms with Crippen LogP contribution in [0.4, 0.5) is 0 Å². The molecule has 0 aliphatic heterocycles. The van der Waals surface area contributed by atoms with E-state index in [2.05, 4.69) is 74.5 Å². The van der Waals surface area contributed by atoms with Gasteiger partial charge in [0.1, 0.15) is 0 Å². The summed E-state index contributed by atoms with van der Waals surface area (Å²) in [5.74, 6) is 1.75. The molecular formula is C23H38. The summed E-state index contributed by atoms with van der Waals surface area (Å²) in [6.45, 7) is 21.0. The zero-order valence-electron chi connectivity index (χ0n) is 17.0. The van der Waals surface area contributed by atoms with Crippen molar-refractivity contribution in [1.29, 1.82) is 0 Å². The monoisotopic (exact) mass is 314 g/mol. The number of hydrogen-bond donors (Lipinski definition) is 0. The third kappa shape index (κ3) is 4.28. The van der Waals surface area contributed by atoms with Crippen LogP contribution < -0.4 is 0 Å². The molecule has 130 valence electrons. The van der Waals surface area contributed by atoms with E-state index in [0.29, 0.717) is 17.8 Å². The summed E-state index contributed by atoms with van der Waals surface area (Å²) in [4.78, 5) is 0. The van der Waals surface area contributed by atoms with Crippen LogP contribution in [0.15, 0.2) is 12.2 Å². The van der Waals surface area contributed by atoms with Crippen LogP contribution in [0, 0.1) is 19.8 Å². The van der Waals surface area contributed by atoms with E-state index in [0.717, 1.165) is 12.8 Å². The highest BCUT2D eigenvalue weighted by Crippen LogP contribution is 2.37. The standard InChI is InChI=1S/C23H38/c1-10-16(6)13-14-17(7)23-19(9)21(12-3)20(11-2)18(8)22(23)15(4)5/h13-17H,10-12H2,1-9H3/b14-13-.